The molecule has 0 aliphatic carbocycles. The number of nitrogens with one attached hydrogen (secondary N) is 1. The Hall–Kier alpha value is -1.68. The molecule has 0 radical (unpaired) electrons. The van der Waals surface area contributed by atoms with E-state index in [0.717, 1.165) is 39.3 Å². The third kappa shape index (κ3) is 4.91. The van der Waals surface area contributed by atoms with Crippen molar-refractivity contribution in [3.05, 3.63) is 71.8 Å². The lowest BCUT2D eigenvalue weighted by atomic mass is 10.1. The van der Waals surface area contributed by atoms with Gasteiger partial charge in [0, 0.05) is 38.8 Å². The van der Waals surface area contributed by atoms with Gasteiger partial charge in [-0.3, -0.25) is 9.80 Å². The summed E-state index contributed by atoms with van der Waals surface area (Å²) in [6.45, 7) is 6.66. The van der Waals surface area contributed by atoms with Crippen LogP contribution in [0.3, 0.4) is 0 Å². The van der Waals surface area contributed by atoms with Gasteiger partial charge < -0.3 is 5.32 Å². The van der Waals surface area contributed by atoms with E-state index in [-0.39, 0.29) is 0 Å². The van der Waals surface area contributed by atoms with E-state index in [9.17, 15) is 0 Å². The fourth-order valence-corrected chi connectivity index (χ4v) is 3.55. The average Bonchev–Trinajstić information content (AvgIpc) is 2.63. The summed E-state index contributed by atoms with van der Waals surface area (Å²) in [6, 6.07) is 22.3. The molecular formula is C21H29N3. The van der Waals surface area contributed by atoms with Gasteiger partial charge >= 0.3 is 0 Å². The largest absolute Gasteiger partial charge is 0.320 e. The molecule has 1 fully saturated rings. The van der Waals surface area contributed by atoms with Crippen LogP contribution in [-0.2, 0) is 13.1 Å². The predicted octanol–water partition coefficient (Wildman–Crippen LogP) is 2.98. The van der Waals surface area contributed by atoms with Crippen molar-refractivity contribution in [3.63, 3.8) is 0 Å². The third-order valence-corrected chi connectivity index (χ3v) is 4.89. The van der Waals surface area contributed by atoms with Gasteiger partial charge in [0.25, 0.3) is 0 Å². The van der Waals surface area contributed by atoms with Crippen molar-refractivity contribution in [1.29, 1.82) is 0 Å². The highest BCUT2D eigenvalue weighted by atomic mass is 15.3. The van der Waals surface area contributed by atoms with Crippen LogP contribution in [0, 0.1) is 0 Å². The van der Waals surface area contributed by atoms with Gasteiger partial charge in [0.15, 0.2) is 0 Å². The molecule has 0 amide bonds. The zero-order chi connectivity index (χ0) is 16.6. The molecule has 2 aromatic carbocycles. The first-order valence-electron chi connectivity index (χ1n) is 9.04. The molecule has 1 N–H and O–H groups in total. The highest BCUT2D eigenvalue weighted by molar-refractivity contribution is 5.16. The van der Waals surface area contributed by atoms with Crippen LogP contribution in [0.4, 0.5) is 0 Å². The summed E-state index contributed by atoms with van der Waals surface area (Å²) >= 11 is 0. The van der Waals surface area contributed by atoms with Gasteiger partial charge in [-0.15, -0.1) is 0 Å². The first-order valence-corrected chi connectivity index (χ1v) is 9.04. The third-order valence-electron chi connectivity index (χ3n) is 4.89. The van der Waals surface area contributed by atoms with Gasteiger partial charge in [-0.25, -0.2) is 0 Å². The van der Waals surface area contributed by atoms with Gasteiger partial charge in [-0.2, -0.15) is 0 Å². The molecule has 1 heterocycles. The summed E-state index contributed by atoms with van der Waals surface area (Å²) in [6.07, 6.45) is 1.20. The molecular weight excluding hydrogens is 294 g/mol. The Labute approximate surface area is 146 Å². The molecule has 0 aromatic heterocycles. The first kappa shape index (κ1) is 17.2. The molecule has 2 aromatic rings. The van der Waals surface area contributed by atoms with Gasteiger partial charge in [0.1, 0.15) is 0 Å². The van der Waals surface area contributed by atoms with E-state index in [0.29, 0.717) is 6.04 Å². The Morgan fingerprint density at radius 2 is 1.50 bits per heavy atom. The summed E-state index contributed by atoms with van der Waals surface area (Å²) in [5.74, 6) is 0. The standard InChI is InChI=1S/C21H29N3/c1-22-13-12-21-18-23(16-19-8-4-2-5-9-19)14-15-24(21)17-20-10-6-3-7-11-20/h2-11,21-22H,12-18H2,1H3. The summed E-state index contributed by atoms with van der Waals surface area (Å²) in [5, 5.41) is 3.32. The first-order chi connectivity index (χ1) is 11.8. The van der Waals surface area contributed by atoms with Crippen LogP contribution in [0.1, 0.15) is 17.5 Å². The number of nitrogens with zero attached hydrogens (tertiary/aromatic N) is 2. The molecule has 3 nitrogen and oxygen atoms in total. The fraction of sp³-hybridized carbons (Fsp3) is 0.429. The molecule has 1 aliphatic rings. The van der Waals surface area contributed by atoms with Gasteiger partial charge in [-0.1, -0.05) is 60.7 Å². The van der Waals surface area contributed by atoms with Crippen molar-refractivity contribution in [2.75, 3.05) is 33.2 Å². The monoisotopic (exact) mass is 323 g/mol. The van der Waals surface area contributed by atoms with Crippen LogP contribution in [0.2, 0.25) is 0 Å². The van der Waals surface area contributed by atoms with Crippen LogP contribution >= 0.6 is 0 Å². The molecule has 24 heavy (non-hydrogen) atoms. The summed E-state index contributed by atoms with van der Waals surface area (Å²) in [4.78, 5) is 5.27. The number of hydrogen-bond donors (Lipinski definition) is 1. The van der Waals surface area contributed by atoms with Crippen molar-refractivity contribution in [2.24, 2.45) is 0 Å². The molecule has 128 valence electrons. The maximum Gasteiger partial charge on any atom is 0.0239 e. The Bertz CT molecular complexity index is 585. The molecule has 1 saturated heterocycles. The molecule has 1 atom stereocenters. The van der Waals surface area contributed by atoms with E-state index in [2.05, 4.69) is 75.8 Å². The maximum atomic E-state index is 3.32. The van der Waals surface area contributed by atoms with Crippen LogP contribution < -0.4 is 5.32 Å². The van der Waals surface area contributed by atoms with Gasteiger partial charge in [0.2, 0.25) is 0 Å². The Morgan fingerprint density at radius 3 is 2.12 bits per heavy atom. The van der Waals surface area contributed by atoms with Gasteiger partial charge in [0.05, 0.1) is 0 Å². The van der Waals surface area contributed by atoms with E-state index >= 15 is 0 Å². The van der Waals surface area contributed by atoms with E-state index < -0.39 is 0 Å². The zero-order valence-electron chi connectivity index (χ0n) is 14.7. The number of piperazine rings is 1. The van der Waals surface area contributed by atoms with Crippen LogP contribution in [0.25, 0.3) is 0 Å². The van der Waals surface area contributed by atoms with E-state index in [1.807, 2.05) is 7.05 Å². The van der Waals surface area contributed by atoms with Gasteiger partial charge in [-0.05, 0) is 31.1 Å². The topological polar surface area (TPSA) is 18.5 Å². The van der Waals surface area contributed by atoms with Crippen molar-refractivity contribution in [1.82, 2.24) is 15.1 Å². The minimum atomic E-state index is 0.620. The van der Waals surface area contributed by atoms with Crippen molar-refractivity contribution >= 4 is 0 Å². The Balaban J connectivity index is 1.61. The van der Waals surface area contributed by atoms with Crippen molar-refractivity contribution in [2.45, 2.75) is 25.6 Å². The Morgan fingerprint density at radius 1 is 0.875 bits per heavy atom. The molecule has 0 bridgehead atoms. The van der Waals surface area contributed by atoms with Crippen molar-refractivity contribution in [3.8, 4) is 0 Å². The molecule has 3 heteroatoms. The fourth-order valence-electron chi connectivity index (χ4n) is 3.55. The molecule has 0 saturated carbocycles. The van der Waals surface area contributed by atoms with Crippen LogP contribution in [-0.4, -0.2) is 49.1 Å². The average molecular weight is 323 g/mol. The highest BCUT2D eigenvalue weighted by Gasteiger charge is 2.26. The summed E-state index contributed by atoms with van der Waals surface area (Å²) in [5.41, 5.74) is 2.84. The van der Waals surface area contributed by atoms with E-state index in [1.54, 1.807) is 0 Å². The maximum absolute atomic E-state index is 3.32. The Kier molecular flexibility index (Phi) is 6.41. The molecule has 0 spiro atoms. The predicted molar refractivity (Wildman–Crippen MR) is 101 cm³/mol. The number of benzene rings is 2. The SMILES string of the molecule is CNCCC1CN(Cc2ccccc2)CCN1Cc1ccccc1. The summed E-state index contributed by atoms with van der Waals surface area (Å²) < 4.78 is 0. The zero-order valence-corrected chi connectivity index (χ0v) is 14.7. The second-order valence-corrected chi connectivity index (χ2v) is 6.72. The molecule has 1 unspecified atom stereocenters. The van der Waals surface area contributed by atoms with E-state index in [1.165, 1.54) is 17.5 Å². The van der Waals surface area contributed by atoms with E-state index in [4.69, 9.17) is 0 Å². The normalized spacial score (nSPS) is 19.5. The lowest BCUT2D eigenvalue weighted by molar-refractivity contribution is 0.0599. The van der Waals surface area contributed by atoms with Crippen LogP contribution in [0.5, 0.6) is 0 Å². The molecule has 3 rings (SSSR count). The highest BCUT2D eigenvalue weighted by Crippen LogP contribution is 2.18. The number of rotatable bonds is 7. The molecule has 1 aliphatic heterocycles. The lowest BCUT2D eigenvalue weighted by Crippen LogP contribution is -2.52. The quantitative estimate of drug-likeness (QED) is 0.845. The van der Waals surface area contributed by atoms with Crippen LogP contribution in [0.15, 0.2) is 60.7 Å². The van der Waals surface area contributed by atoms with Crippen molar-refractivity contribution < 1.29 is 0 Å². The lowest BCUT2D eigenvalue weighted by Gasteiger charge is -2.41. The minimum Gasteiger partial charge on any atom is -0.320 e. The number of hydrogen-bond acceptors (Lipinski definition) is 3. The summed E-state index contributed by atoms with van der Waals surface area (Å²) in [7, 11) is 2.05. The second kappa shape index (κ2) is 8.97. The minimum absolute atomic E-state index is 0.620. The smallest absolute Gasteiger partial charge is 0.0239 e. The second-order valence-electron chi connectivity index (χ2n) is 6.72.